The van der Waals surface area contributed by atoms with Crippen LogP contribution in [0.2, 0.25) is 0 Å². The van der Waals surface area contributed by atoms with Gasteiger partial charge in [-0.2, -0.15) is 0 Å². The maximum Gasteiger partial charge on any atom is 0.241 e. The summed E-state index contributed by atoms with van der Waals surface area (Å²) >= 11 is 0. The number of carbonyl (C=O) groups is 1. The lowest BCUT2D eigenvalue weighted by Crippen LogP contribution is -2.35. The second-order valence-corrected chi connectivity index (χ2v) is 4.73. The third kappa shape index (κ3) is 4.15. The summed E-state index contributed by atoms with van der Waals surface area (Å²) in [6, 6.07) is 5.58. The molecule has 0 bridgehead atoms. The SMILES string of the molecule is CCCC[C@H](N)C(=O)Nc1ccc(C)c(CC)c1. The molecule has 0 aliphatic carbocycles. The lowest BCUT2D eigenvalue weighted by Gasteiger charge is -2.13. The maximum absolute atomic E-state index is 11.9. The van der Waals surface area contributed by atoms with Gasteiger partial charge in [0, 0.05) is 5.69 Å². The highest BCUT2D eigenvalue weighted by atomic mass is 16.2. The van der Waals surface area contributed by atoms with Crippen molar-refractivity contribution >= 4 is 11.6 Å². The molecule has 100 valence electrons. The number of rotatable bonds is 6. The topological polar surface area (TPSA) is 55.1 Å². The molecule has 0 saturated heterocycles. The fourth-order valence-corrected chi connectivity index (χ4v) is 1.92. The zero-order valence-corrected chi connectivity index (χ0v) is 11.6. The first kappa shape index (κ1) is 14.7. The second kappa shape index (κ2) is 7.17. The van der Waals surface area contributed by atoms with Gasteiger partial charge in [-0.25, -0.2) is 0 Å². The Balaban J connectivity index is 2.64. The van der Waals surface area contributed by atoms with Gasteiger partial charge < -0.3 is 11.1 Å². The number of hydrogen-bond acceptors (Lipinski definition) is 2. The van der Waals surface area contributed by atoms with Crippen LogP contribution in [0.4, 0.5) is 5.69 Å². The predicted octanol–water partition coefficient (Wildman–Crippen LogP) is 3.01. The summed E-state index contributed by atoms with van der Waals surface area (Å²) < 4.78 is 0. The third-order valence-corrected chi connectivity index (χ3v) is 3.20. The van der Waals surface area contributed by atoms with Crippen molar-refractivity contribution in [2.24, 2.45) is 5.73 Å². The van der Waals surface area contributed by atoms with Gasteiger partial charge in [-0.15, -0.1) is 0 Å². The van der Waals surface area contributed by atoms with Gasteiger partial charge in [-0.05, 0) is 43.0 Å². The van der Waals surface area contributed by atoms with E-state index in [-0.39, 0.29) is 5.91 Å². The molecule has 0 spiro atoms. The van der Waals surface area contributed by atoms with Crippen molar-refractivity contribution in [2.75, 3.05) is 5.32 Å². The monoisotopic (exact) mass is 248 g/mol. The standard InChI is InChI=1S/C15H24N2O/c1-4-6-7-14(16)15(18)17-13-9-8-11(3)12(5-2)10-13/h8-10,14H,4-7,16H2,1-3H3,(H,17,18)/t14-/m0/s1. The smallest absolute Gasteiger partial charge is 0.241 e. The van der Waals surface area contributed by atoms with Gasteiger partial charge >= 0.3 is 0 Å². The van der Waals surface area contributed by atoms with Crippen LogP contribution in [0.1, 0.15) is 44.2 Å². The predicted molar refractivity (Wildman–Crippen MR) is 76.7 cm³/mol. The number of nitrogens with two attached hydrogens (primary N) is 1. The van der Waals surface area contributed by atoms with Crippen LogP contribution in [0.3, 0.4) is 0 Å². The van der Waals surface area contributed by atoms with Gasteiger partial charge in [0.25, 0.3) is 0 Å². The molecule has 0 unspecified atom stereocenters. The van der Waals surface area contributed by atoms with Crippen molar-refractivity contribution < 1.29 is 4.79 Å². The Morgan fingerprint density at radius 3 is 2.72 bits per heavy atom. The summed E-state index contributed by atoms with van der Waals surface area (Å²) in [6.07, 6.45) is 3.76. The lowest BCUT2D eigenvalue weighted by atomic mass is 10.1. The van der Waals surface area contributed by atoms with Crippen molar-refractivity contribution in [3.05, 3.63) is 29.3 Å². The molecule has 1 amide bonds. The molecule has 3 heteroatoms. The first-order chi connectivity index (χ1) is 8.58. The van der Waals surface area contributed by atoms with Crippen LogP contribution in [-0.2, 0) is 11.2 Å². The number of benzene rings is 1. The largest absolute Gasteiger partial charge is 0.325 e. The number of carbonyl (C=O) groups excluding carboxylic acids is 1. The van der Waals surface area contributed by atoms with E-state index in [0.29, 0.717) is 0 Å². The molecule has 0 saturated carbocycles. The number of aryl methyl sites for hydroxylation is 2. The number of nitrogens with one attached hydrogen (secondary N) is 1. The minimum absolute atomic E-state index is 0.0886. The van der Waals surface area contributed by atoms with Gasteiger partial charge in [0.15, 0.2) is 0 Å². The Morgan fingerprint density at radius 1 is 1.39 bits per heavy atom. The van der Waals surface area contributed by atoms with Gasteiger partial charge in [0.2, 0.25) is 5.91 Å². The Kier molecular flexibility index (Phi) is 5.86. The Bertz CT molecular complexity index is 401. The molecular weight excluding hydrogens is 224 g/mol. The van der Waals surface area contributed by atoms with Gasteiger partial charge in [0.05, 0.1) is 6.04 Å². The maximum atomic E-state index is 11.9. The molecule has 1 aromatic rings. The summed E-state index contributed by atoms with van der Waals surface area (Å²) in [5, 5.41) is 2.89. The fraction of sp³-hybridized carbons (Fsp3) is 0.533. The first-order valence-corrected chi connectivity index (χ1v) is 6.74. The van der Waals surface area contributed by atoms with Crippen molar-refractivity contribution in [1.82, 2.24) is 0 Å². The quantitative estimate of drug-likeness (QED) is 0.813. The van der Waals surface area contributed by atoms with Crippen LogP contribution >= 0.6 is 0 Å². The highest BCUT2D eigenvalue weighted by Crippen LogP contribution is 2.16. The van der Waals surface area contributed by atoms with E-state index < -0.39 is 6.04 Å². The number of hydrogen-bond donors (Lipinski definition) is 2. The zero-order chi connectivity index (χ0) is 13.5. The van der Waals surface area contributed by atoms with E-state index in [9.17, 15) is 4.79 Å². The molecule has 0 aromatic heterocycles. The molecule has 0 aliphatic heterocycles. The molecule has 0 radical (unpaired) electrons. The average Bonchev–Trinajstić information content (AvgIpc) is 2.37. The van der Waals surface area contributed by atoms with E-state index >= 15 is 0 Å². The van der Waals surface area contributed by atoms with Gasteiger partial charge in [-0.3, -0.25) is 4.79 Å². The summed E-state index contributed by atoms with van der Waals surface area (Å²) in [5.74, 6) is -0.0886. The van der Waals surface area contributed by atoms with Crippen LogP contribution in [0, 0.1) is 6.92 Å². The highest BCUT2D eigenvalue weighted by molar-refractivity contribution is 5.94. The van der Waals surface area contributed by atoms with E-state index in [0.717, 1.165) is 31.4 Å². The molecule has 0 heterocycles. The van der Waals surface area contributed by atoms with Gasteiger partial charge in [0.1, 0.15) is 0 Å². The summed E-state index contributed by atoms with van der Waals surface area (Å²) in [7, 11) is 0. The first-order valence-electron chi connectivity index (χ1n) is 6.74. The second-order valence-electron chi connectivity index (χ2n) is 4.73. The average molecular weight is 248 g/mol. The Hall–Kier alpha value is -1.35. The normalized spacial score (nSPS) is 12.2. The number of anilines is 1. The van der Waals surface area contributed by atoms with Crippen LogP contribution in [0.5, 0.6) is 0 Å². The molecule has 18 heavy (non-hydrogen) atoms. The lowest BCUT2D eigenvalue weighted by molar-refractivity contribution is -0.117. The Morgan fingerprint density at radius 2 is 2.11 bits per heavy atom. The van der Waals surface area contributed by atoms with Crippen molar-refractivity contribution in [3.63, 3.8) is 0 Å². The van der Waals surface area contributed by atoms with Crippen LogP contribution in [-0.4, -0.2) is 11.9 Å². The van der Waals surface area contributed by atoms with E-state index in [2.05, 4.69) is 26.1 Å². The van der Waals surface area contributed by atoms with E-state index in [1.54, 1.807) is 0 Å². The summed E-state index contributed by atoms with van der Waals surface area (Å²) in [4.78, 5) is 11.9. The number of unbranched alkanes of at least 4 members (excludes halogenated alkanes) is 1. The molecule has 1 aromatic carbocycles. The minimum atomic E-state index is -0.406. The van der Waals surface area contributed by atoms with Crippen LogP contribution in [0.15, 0.2) is 18.2 Å². The van der Waals surface area contributed by atoms with Crippen LogP contribution in [0.25, 0.3) is 0 Å². The van der Waals surface area contributed by atoms with Gasteiger partial charge in [-0.1, -0.05) is 32.8 Å². The van der Waals surface area contributed by atoms with Crippen molar-refractivity contribution in [2.45, 2.75) is 52.5 Å². The fourth-order valence-electron chi connectivity index (χ4n) is 1.92. The van der Waals surface area contributed by atoms with Crippen LogP contribution < -0.4 is 11.1 Å². The number of amides is 1. The molecule has 3 nitrogen and oxygen atoms in total. The summed E-state index contributed by atoms with van der Waals surface area (Å²) in [6.45, 7) is 6.29. The Labute approximate surface area is 110 Å². The van der Waals surface area contributed by atoms with E-state index in [1.165, 1.54) is 11.1 Å². The highest BCUT2D eigenvalue weighted by Gasteiger charge is 2.13. The van der Waals surface area contributed by atoms with Crippen molar-refractivity contribution in [3.8, 4) is 0 Å². The molecule has 0 aliphatic rings. The third-order valence-electron chi connectivity index (χ3n) is 3.20. The zero-order valence-electron chi connectivity index (χ0n) is 11.6. The minimum Gasteiger partial charge on any atom is -0.325 e. The molecule has 1 atom stereocenters. The molecule has 0 fully saturated rings. The summed E-state index contributed by atoms with van der Waals surface area (Å²) in [5.41, 5.74) is 9.20. The van der Waals surface area contributed by atoms with E-state index in [4.69, 9.17) is 5.73 Å². The van der Waals surface area contributed by atoms with E-state index in [1.807, 2.05) is 18.2 Å². The molecule has 1 rings (SSSR count). The van der Waals surface area contributed by atoms with Crippen molar-refractivity contribution in [1.29, 1.82) is 0 Å². The molecular formula is C15H24N2O. The molecule has 3 N–H and O–H groups in total.